The molecule has 0 spiro atoms. The van der Waals surface area contributed by atoms with E-state index in [0.29, 0.717) is 17.6 Å². The fraction of sp³-hybridized carbons (Fsp3) is 0.652. The second-order valence-electron chi connectivity index (χ2n) is 9.15. The van der Waals surface area contributed by atoms with Gasteiger partial charge in [-0.05, 0) is 76.5 Å². The van der Waals surface area contributed by atoms with Crippen molar-refractivity contribution >= 4 is 29.4 Å². The van der Waals surface area contributed by atoms with E-state index in [1.165, 1.54) is 0 Å². The summed E-state index contributed by atoms with van der Waals surface area (Å²) in [4.78, 5) is 19.5. The summed E-state index contributed by atoms with van der Waals surface area (Å²) in [5.74, 6) is 0.490. The predicted octanol–water partition coefficient (Wildman–Crippen LogP) is 1.75. The SMILES string of the molecule is C[C@H](NC(=O)c1cccc(NCC2NNC(C3CC=NCC3)N2C)c1)C1NCCCC1Cl. The number of nitrogens with zero attached hydrogens (tertiary/aromatic N) is 2. The van der Waals surface area contributed by atoms with E-state index in [4.69, 9.17) is 11.6 Å². The molecule has 0 radical (unpaired) electrons. The normalized spacial score (nSPS) is 31.9. The smallest absolute Gasteiger partial charge is 0.251 e. The Hall–Kier alpha value is -1.71. The summed E-state index contributed by atoms with van der Waals surface area (Å²) >= 11 is 6.46. The molecule has 2 fully saturated rings. The number of carbonyl (C=O) groups is 1. The van der Waals surface area contributed by atoms with Crippen molar-refractivity contribution in [2.24, 2.45) is 10.9 Å². The van der Waals surface area contributed by atoms with Crippen LogP contribution in [0.2, 0.25) is 0 Å². The highest BCUT2D eigenvalue weighted by Crippen LogP contribution is 2.22. The number of aliphatic imine (C=N–C) groups is 1. The van der Waals surface area contributed by atoms with Crippen LogP contribution in [0, 0.1) is 5.92 Å². The fourth-order valence-corrected chi connectivity index (χ4v) is 5.36. The van der Waals surface area contributed by atoms with Gasteiger partial charge in [-0.15, -0.1) is 11.6 Å². The van der Waals surface area contributed by atoms with Gasteiger partial charge in [0.15, 0.2) is 0 Å². The summed E-state index contributed by atoms with van der Waals surface area (Å²) in [5.41, 5.74) is 8.42. The number of alkyl halides is 1. The molecule has 0 saturated carbocycles. The molecular formula is C23H36ClN7O. The molecule has 3 heterocycles. The van der Waals surface area contributed by atoms with Crippen LogP contribution in [-0.2, 0) is 0 Å². The highest BCUT2D eigenvalue weighted by atomic mass is 35.5. The largest absolute Gasteiger partial charge is 0.382 e. The van der Waals surface area contributed by atoms with E-state index in [-0.39, 0.29) is 29.5 Å². The minimum absolute atomic E-state index is 0.0360. The molecule has 176 valence electrons. The molecule has 5 N–H and O–H groups in total. The summed E-state index contributed by atoms with van der Waals surface area (Å²) in [5, 5.41) is 10.1. The van der Waals surface area contributed by atoms with Crippen molar-refractivity contribution in [2.45, 2.75) is 62.4 Å². The Morgan fingerprint density at radius 3 is 3.00 bits per heavy atom. The van der Waals surface area contributed by atoms with Crippen LogP contribution in [0.4, 0.5) is 5.69 Å². The van der Waals surface area contributed by atoms with E-state index >= 15 is 0 Å². The number of piperidine rings is 1. The average molecular weight is 462 g/mol. The standard InChI is InChI=1S/C23H36ClN7O/c1-15(21-19(24)7-4-10-26-21)28-23(32)17-5-3-6-18(13-17)27-14-20-29-30-22(31(20)2)16-8-11-25-12-9-16/h3,5-6,11,13,15-16,19-22,26-27,29-30H,4,7-10,12,14H2,1-2H3,(H,28,32)/t15-,16?,19?,20?,21?,22?/m0/s1. The molecule has 32 heavy (non-hydrogen) atoms. The highest BCUT2D eigenvalue weighted by Gasteiger charge is 2.35. The van der Waals surface area contributed by atoms with Crippen molar-refractivity contribution < 1.29 is 4.79 Å². The Morgan fingerprint density at radius 2 is 2.22 bits per heavy atom. The number of carbonyl (C=O) groups excluding carboxylic acids is 1. The fourth-order valence-electron chi connectivity index (χ4n) is 4.90. The monoisotopic (exact) mass is 461 g/mol. The predicted molar refractivity (Wildman–Crippen MR) is 130 cm³/mol. The maximum Gasteiger partial charge on any atom is 0.251 e. The lowest BCUT2D eigenvalue weighted by Gasteiger charge is -2.33. The van der Waals surface area contributed by atoms with Crippen molar-refractivity contribution in [1.29, 1.82) is 0 Å². The van der Waals surface area contributed by atoms with Gasteiger partial charge in [-0.1, -0.05) is 6.07 Å². The topological polar surface area (TPSA) is 92.8 Å². The molecule has 3 aliphatic rings. The summed E-state index contributed by atoms with van der Waals surface area (Å²) in [6.07, 6.45) is 6.68. The highest BCUT2D eigenvalue weighted by molar-refractivity contribution is 6.21. The Bertz CT molecular complexity index is 806. The van der Waals surface area contributed by atoms with Crippen LogP contribution in [0.15, 0.2) is 29.3 Å². The lowest BCUT2D eigenvalue weighted by molar-refractivity contribution is 0.0928. The Morgan fingerprint density at radius 1 is 1.34 bits per heavy atom. The van der Waals surface area contributed by atoms with Crippen molar-refractivity contribution in [1.82, 2.24) is 26.4 Å². The van der Waals surface area contributed by atoms with E-state index < -0.39 is 0 Å². The van der Waals surface area contributed by atoms with Gasteiger partial charge in [0.1, 0.15) is 0 Å². The first-order valence-corrected chi connectivity index (χ1v) is 12.2. The minimum atomic E-state index is -0.0748. The van der Waals surface area contributed by atoms with E-state index in [0.717, 1.165) is 51.0 Å². The molecule has 3 aliphatic heterocycles. The maximum atomic E-state index is 12.8. The third-order valence-electron chi connectivity index (χ3n) is 6.89. The van der Waals surface area contributed by atoms with Gasteiger partial charge >= 0.3 is 0 Å². The van der Waals surface area contributed by atoms with Gasteiger partial charge in [-0.3, -0.25) is 14.7 Å². The van der Waals surface area contributed by atoms with E-state index in [1.807, 2.05) is 37.4 Å². The van der Waals surface area contributed by atoms with Crippen molar-refractivity contribution in [3.05, 3.63) is 29.8 Å². The second-order valence-corrected chi connectivity index (χ2v) is 9.71. The van der Waals surface area contributed by atoms with Crippen LogP contribution in [0.5, 0.6) is 0 Å². The average Bonchev–Trinajstić information content (AvgIpc) is 3.19. The minimum Gasteiger partial charge on any atom is -0.382 e. The van der Waals surface area contributed by atoms with Crippen LogP contribution in [0.3, 0.4) is 0 Å². The molecule has 4 rings (SSSR count). The lowest BCUT2D eigenvalue weighted by atomic mass is 9.96. The maximum absolute atomic E-state index is 12.8. The van der Waals surface area contributed by atoms with Gasteiger partial charge in [0.25, 0.3) is 5.91 Å². The zero-order valence-electron chi connectivity index (χ0n) is 19.0. The van der Waals surface area contributed by atoms with Gasteiger partial charge in [0.05, 0.1) is 17.7 Å². The van der Waals surface area contributed by atoms with Crippen molar-refractivity contribution in [3.8, 4) is 0 Å². The molecule has 8 nitrogen and oxygen atoms in total. The van der Waals surface area contributed by atoms with Crippen LogP contribution in [-0.4, -0.2) is 73.5 Å². The number of likely N-dealkylation sites (N-methyl/N-ethyl adjacent to an activating group) is 1. The summed E-state index contributed by atoms with van der Waals surface area (Å²) in [6, 6.07) is 7.73. The Kier molecular flexibility index (Phi) is 8.02. The molecule has 0 bridgehead atoms. The number of anilines is 1. The molecule has 2 saturated heterocycles. The first-order chi connectivity index (χ1) is 15.5. The van der Waals surface area contributed by atoms with E-state index in [2.05, 4.69) is 43.7 Å². The third-order valence-corrected chi connectivity index (χ3v) is 7.38. The summed E-state index contributed by atoms with van der Waals surface area (Å²) < 4.78 is 0. The lowest BCUT2D eigenvalue weighted by Crippen LogP contribution is -2.55. The molecule has 9 heteroatoms. The number of hydrogen-bond donors (Lipinski definition) is 5. The molecule has 5 unspecified atom stereocenters. The van der Waals surface area contributed by atoms with E-state index in [1.54, 1.807) is 0 Å². The van der Waals surface area contributed by atoms with Crippen molar-refractivity contribution in [3.63, 3.8) is 0 Å². The number of amides is 1. The quantitative estimate of drug-likeness (QED) is 0.397. The molecule has 1 aromatic carbocycles. The molecule has 0 aromatic heterocycles. The third kappa shape index (κ3) is 5.61. The Balaban J connectivity index is 1.29. The second kappa shape index (κ2) is 10.9. The van der Waals surface area contributed by atoms with Crippen molar-refractivity contribution in [2.75, 3.05) is 32.0 Å². The number of halogens is 1. The molecule has 0 aliphatic carbocycles. The number of hydrogen-bond acceptors (Lipinski definition) is 7. The number of benzene rings is 1. The van der Waals surface area contributed by atoms with Gasteiger partial charge in [0.2, 0.25) is 0 Å². The van der Waals surface area contributed by atoms with Crippen LogP contribution in [0.25, 0.3) is 0 Å². The van der Waals surface area contributed by atoms with Crippen LogP contribution < -0.4 is 26.8 Å². The van der Waals surface area contributed by atoms with Gasteiger partial charge < -0.3 is 16.0 Å². The zero-order chi connectivity index (χ0) is 22.5. The first kappa shape index (κ1) is 23.4. The number of rotatable bonds is 7. The number of hydrazine groups is 1. The van der Waals surface area contributed by atoms with Gasteiger partial charge in [-0.25, -0.2) is 10.9 Å². The van der Waals surface area contributed by atoms with E-state index in [9.17, 15) is 4.79 Å². The van der Waals surface area contributed by atoms with Gasteiger partial charge in [-0.2, -0.15) is 0 Å². The van der Waals surface area contributed by atoms with Crippen LogP contribution in [0.1, 0.15) is 43.0 Å². The summed E-state index contributed by atoms with van der Waals surface area (Å²) in [7, 11) is 2.14. The molecule has 6 atom stereocenters. The van der Waals surface area contributed by atoms with Crippen LogP contribution >= 0.6 is 11.6 Å². The Labute approximate surface area is 195 Å². The zero-order valence-corrected chi connectivity index (χ0v) is 19.7. The summed E-state index contributed by atoms with van der Waals surface area (Å²) in [6.45, 7) is 4.60. The van der Waals surface area contributed by atoms with Gasteiger partial charge in [0, 0.05) is 36.4 Å². The molecular weight excluding hydrogens is 426 g/mol. The first-order valence-electron chi connectivity index (χ1n) is 11.8. The molecule has 1 amide bonds. The molecule has 1 aromatic rings. The number of nitrogens with one attached hydrogen (secondary N) is 5.